The van der Waals surface area contributed by atoms with Crippen LogP contribution in [0.1, 0.15) is 44.2 Å². The lowest BCUT2D eigenvalue weighted by Gasteiger charge is -2.30. The number of ether oxygens (including phenoxy) is 1. The van der Waals surface area contributed by atoms with Crippen LogP contribution in [0.15, 0.2) is 18.2 Å². The Labute approximate surface area is 133 Å². The highest BCUT2D eigenvalue weighted by Gasteiger charge is 2.23. The number of nitrogens with two attached hydrogens (primary N) is 1. The second-order valence-electron chi connectivity index (χ2n) is 5.89. The molecule has 0 saturated carbocycles. The quantitative estimate of drug-likeness (QED) is 0.897. The summed E-state index contributed by atoms with van der Waals surface area (Å²) in [6.45, 7) is 5.18. The van der Waals surface area contributed by atoms with Crippen LogP contribution in [0, 0.1) is 5.92 Å². The van der Waals surface area contributed by atoms with Gasteiger partial charge in [-0.15, -0.1) is 0 Å². The van der Waals surface area contributed by atoms with Gasteiger partial charge < -0.3 is 10.5 Å². The molecule has 2 rings (SSSR count). The number of hydrogen-bond acceptors (Lipinski definition) is 3. The minimum atomic E-state index is 0.254. The van der Waals surface area contributed by atoms with E-state index in [1.165, 1.54) is 31.2 Å². The minimum Gasteiger partial charge on any atom is -0.495 e. The normalized spacial score (nSPS) is 21.8. The van der Waals surface area contributed by atoms with Crippen LogP contribution < -0.4 is 10.5 Å². The molecule has 1 aromatic rings. The monoisotopic (exact) mass is 310 g/mol. The van der Waals surface area contributed by atoms with Gasteiger partial charge in [-0.05, 0) is 56.0 Å². The van der Waals surface area contributed by atoms with Gasteiger partial charge in [-0.2, -0.15) is 0 Å². The van der Waals surface area contributed by atoms with E-state index in [4.69, 9.17) is 22.1 Å². The van der Waals surface area contributed by atoms with E-state index in [1.807, 2.05) is 12.1 Å². The van der Waals surface area contributed by atoms with Crippen molar-refractivity contribution in [2.45, 2.75) is 38.6 Å². The molecule has 1 saturated heterocycles. The lowest BCUT2D eigenvalue weighted by atomic mass is 9.98. The molecule has 2 N–H and O–H groups in total. The summed E-state index contributed by atoms with van der Waals surface area (Å²) >= 11 is 6.26. The third-order valence-corrected chi connectivity index (χ3v) is 4.98. The van der Waals surface area contributed by atoms with E-state index in [-0.39, 0.29) is 6.04 Å². The number of likely N-dealkylation sites (tertiary alicyclic amines) is 1. The average Bonchev–Trinajstić information content (AvgIpc) is 2.74. The fourth-order valence-corrected chi connectivity index (χ4v) is 3.56. The molecule has 0 spiro atoms. The third-order valence-electron chi connectivity index (χ3n) is 4.68. The van der Waals surface area contributed by atoms with E-state index >= 15 is 0 Å². The zero-order chi connectivity index (χ0) is 15.2. The van der Waals surface area contributed by atoms with Gasteiger partial charge in [0.2, 0.25) is 0 Å². The zero-order valence-corrected chi connectivity index (χ0v) is 13.9. The maximum Gasteiger partial charge on any atom is 0.137 e. The summed E-state index contributed by atoms with van der Waals surface area (Å²) in [6.07, 6.45) is 5.17. The molecule has 21 heavy (non-hydrogen) atoms. The molecule has 1 aromatic carbocycles. The fourth-order valence-electron chi connectivity index (χ4n) is 3.29. The van der Waals surface area contributed by atoms with Crippen molar-refractivity contribution in [3.05, 3.63) is 28.8 Å². The van der Waals surface area contributed by atoms with Crippen LogP contribution in [-0.4, -0.2) is 31.6 Å². The van der Waals surface area contributed by atoms with Gasteiger partial charge in [0, 0.05) is 12.6 Å². The summed E-state index contributed by atoms with van der Waals surface area (Å²) < 4.78 is 5.23. The second kappa shape index (κ2) is 8.02. The van der Waals surface area contributed by atoms with Crippen LogP contribution >= 0.6 is 11.6 Å². The summed E-state index contributed by atoms with van der Waals surface area (Å²) in [7, 11) is 1.64. The zero-order valence-electron chi connectivity index (χ0n) is 13.1. The van der Waals surface area contributed by atoms with Crippen LogP contribution in [0.4, 0.5) is 0 Å². The molecular weight excluding hydrogens is 284 g/mol. The SMILES string of the molecule is CCC1CCCN(C(CN)c2ccc(OC)c(Cl)c2)CC1. The minimum absolute atomic E-state index is 0.254. The van der Waals surface area contributed by atoms with E-state index < -0.39 is 0 Å². The summed E-state index contributed by atoms with van der Waals surface area (Å²) in [4.78, 5) is 2.52. The molecular formula is C17H27ClN2O. The van der Waals surface area contributed by atoms with Gasteiger partial charge in [0.25, 0.3) is 0 Å². The Morgan fingerprint density at radius 3 is 2.81 bits per heavy atom. The largest absolute Gasteiger partial charge is 0.495 e. The van der Waals surface area contributed by atoms with Crippen molar-refractivity contribution in [1.82, 2.24) is 4.90 Å². The van der Waals surface area contributed by atoms with Crippen LogP contribution in [0.5, 0.6) is 5.75 Å². The predicted molar refractivity (Wildman–Crippen MR) is 89.0 cm³/mol. The highest BCUT2D eigenvalue weighted by Crippen LogP contribution is 2.31. The summed E-state index contributed by atoms with van der Waals surface area (Å²) in [5, 5.41) is 0.662. The average molecular weight is 311 g/mol. The van der Waals surface area contributed by atoms with Crippen molar-refractivity contribution in [1.29, 1.82) is 0 Å². The number of rotatable bonds is 5. The molecule has 0 amide bonds. The van der Waals surface area contributed by atoms with Crippen molar-refractivity contribution in [2.24, 2.45) is 11.7 Å². The third kappa shape index (κ3) is 4.12. The molecule has 1 aliphatic rings. The Hall–Kier alpha value is -0.770. The van der Waals surface area contributed by atoms with Gasteiger partial charge in [0.05, 0.1) is 12.1 Å². The lowest BCUT2D eigenvalue weighted by molar-refractivity contribution is 0.206. The maximum absolute atomic E-state index is 6.26. The van der Waals surface area contributed by atoms with Crippen molar-refractivity contribution < 1.29 is 4.74 Å². The molecule has 1 heterocycles. The summed E-state index contributed by atoms with van der Waals surface area (Å²) in [6, 6.07) is 6.28. The molecule has 0 bridgehead atoms. The van der Waals surface area contributed by atoms with Gasteiger partial charge in [0.1, 0.15) is 5.75 Å². The first-order valence-corrected chi connectivity index (χ1v) is 8.35. The Morgan fingerprint density at radius 2 is 2.19 bits per heavy atom. The Morgan fingerprint density at radius 1 is 1.38 bits per heavy atom. The molecule has 0 aliphatic carbocycles. The number of methoxy groups -OCH3 is 1. The standard InChI is InChI=1S/C17H27ClN2O/c1-3-13-5-4-9-20(10-8-13)16(12-19)14-6-7-17(21-2)15(18)11-14/h6-7,11,13,16H,3-5,8-10,12,19H2,1-2H3. The molecule has 2 atom stereocenters. The van der Waals surface area contributed by atoms with Gasteiger partial charge in [0.15, 0.2) is 0 Å². The molecule has 118 valence electrons. The van der Waals surface area contributed by atoms with Crippen LogP contribution in [-0.2, 0) is 0 Å². The predicted octanol–water partition coefficient (Wildman–Crippen LogP) is 3.86. The molecule has 1 aliphatic heterocycles. The Kier molecular flexibility index (Phi) is 6.34. The first-order valence-electron chi connectivity index (χ1n) is 7.97. The van der Waals surface area contributed by atoms with Crippen molar-refractivity contribution in [2.75, 3.05) is 26.7 Å². The number of nitrogens with zero attached hydrogens (tertiary/aromatic N) is 1. The second-order valence-corrected chi connectivity index (χ2v) is 6.29. The highest BCUT2D eigenvalue weighted by molar-refractivity contribution is 6.32. The number of hydrogen-bond donors (Lipinski definition) is 1. The molecule has 0 radical (unpaired) electrons. The van der Waals surface area contributed by atoms with E-state index in [0.29, 0.717) is 11.6 Å². The van der Waals surface area contributed by atoms with E-state index in [0.717, 1.165) is 24.8 Å². The molecule has 1 fully saturated rings. The Bertz CT molecular complexity index is 452. The maximum atomic E-state index is 6.26. The lowest BCUT2D eigenvalue weighted by Crippen LogP contribution is -2.34. The van der Waals surface area contributed by atoms with Crippen LogP contribution in [0.25, 0.3) is 0 Å². The van der Waals surface area contributed by atoms with E-state index in [1.54, 1.807) is 7.11 Å². The van der Waals surface area contributed by atoms with E-state index in [2.05, 4.69) is 17.9 Å². The number of benzene rings is 1. The van der Waals surface area contributed by atoms with Crippen LogP contribution in [0.3, 0.4) is 0 Å². The topological polar surface area (TPSA) is 38.5 Å². The van der Waals surface area contributed by atoms with Crippen LogP contribution in [0.2, 0.25) is 5.02 Å². The van der Waals surface area contributed by atoms with Crippen molar-refractivity contribution >= 4 is 11.6 Å². The van der Waals surface area contributed by atoms with Gasteiger partial charge >= 0.3 is 0 Å². The first-order chi connectivity index (χ1) is 10.2. The van der Waals surface area contributed by atoms with Gasteiger partial charge in [-0.3, -0.25) is 4.90 Å². The molecule has 2 unspecified atom stereocenters. The summed E-state index contributed by atoms with van der Waals surface area (Å²) in [5.41, 5.74) is 7.25. The van der Waals surface area contributed by atoms with Gasteiger partial charge in [-0.1, -0.05) is 31.0 Å². The smallest absolute Gasteiger partial charge is 0.137 e. The molecule has 4 heteroatoms. The van der Waals surface area contributed by atoms with E-state index in [9.17, 15) is 0 Å². The van der Waals surface area contributed by atoms with Gasteiger partial charge in [-0.25, -0.2) is 0 Å². The first kappa shape index (κ1) is 16.6. The summed E-state index contributed by atoms with van der Waals surface area (Å²) in [5.74, 6) is 1.59. The molecule has 0 aromatic heterocycles. The van der Waals surface area contributed by atoms with Crippen molar-refractivity contribution in [3.8, 4) is 5.75 Å². The Balaban J connectivity index is 2.13. The fraction of sp³-hybridized carbons (Fsp3) is 0.647. The van der Waals surface area contributed by atoms with Crippen molar-refractivity contribution in [3.63, 3.8) is 0 Å². The molecule has 3 nitrogen and oxygen atoms in total. The highest BCUT2D eigenvalue weighted by atomic mass is 35.5. The number of halogens is 1.